The number of rotatable bonds is 9. The van der Waals surface area contributed by atoms with Crippen molar-refractivity contribution in [2.45, 2.75) is 69.9 Å². The van der Waals surface area contributed by atoms with E-state index in [9.17, 15) is 10.1 Å². The molecule has 0 bridgehead atoms. The third kappa shape index (κ3) is 5.05. The third-order valence-corrected chi connectivity index (χ3v) is 8.19. The second-order valence-electron chi connectivity index (χ2n) is 10.5. The Hall–Kier alpha value is -4.02. The molecule has 5 rings (SSSR count). The Labute approximate surface area is 229 Å². The van der Waals surface area contributed by atoms with Crippen molar-refractivity contribution in [3.05, 3.63) is 100 Å². The van der Waals surface area contributed by atoms with Crippen LogP contribution in [0.2, 0.25) is 0 Å². The first-order chi connectivity index (χ1) is 19.0. The first kappa shape index (κ1) is 26.6. The second-order valence-corrected chi connectivity index (χ2v) is 10.5. The molecular weight excluding hydrogens is 486 g/mol. The van der Waals surface area contributed by atoms with Crippen LogP contribution in [0.1, 0.15) is 73.9 Å². The molecule has 200 valence electrons. The molecule has 0 amide bonds. The minimum absolute atomic E-state index is 0.0245. The maximum atomic E-state index is 14.2. The normalized spacial score (nSPS) is 19.2. The lowest BCUT2D eigenvalue weighted by molar-refractivity contribution is -0.0450. The van der Waals surface area contributed by atoms with Crippen LogP contribution in [0.4, 0.5) is 0 Å². The summed E-state index contributed by atoms with van der Waals surface area (Å²) < 4.78 is 9.66. The van der Waals surface area contributed by atoms with Gasteiger partial charge < -0.3 is 4.74 Å². The number of hydrogen-bond acceptors (Lipinski definition) is 5. The van der Waals surface area contributed by atoms with Crippen LogP contribution < -0.4 is 5.56 Å². The van der Waals surface area contributed by atoms with E-state index >= 15 is 0 Å². The third-order valence-electron chi connectivity index (χ3n) is 8.19. The number of nitriles is 1. The molecule has 1 fully saturated rings. The number of methoxy groups -OCH3 is 1. The molecule has 0 radical (unpaired) electrons. The van der Waals surface area contributed by atoms with Crippen LogP contribution in [-0.4, -0.2) is 31.9 Å². The molecule has 4 aromatic rings. The van der Waals surface area contributed by atoms with E-state index in [1.54, 1.807) is 13.4 Å². The quantitative estimate of drug-likeness (QED) is 0.250. The van der Waals surface area contributed by atoms with Crippen LogP contribution >= 0.6 is 0 Å². The maximum absolute atomic E-state index is 14.2. The summed E-state index contributed by atoms with van der Waals surface area (Å²) in [6, 6.07) is 18.1. The lowest BCUT2D eigenvalue weighted by Gasteiger charge is -2.39. The fourth-order valence-electron chi connectivity index (χ4n) is 6.06. The first-order valence-electron chi connectivity index (χ1n) is 13.7. The van der Waals surface area contributed by atoms with E-state index in [1.165, 1.54) is 0 Å². The Morgan fingerprint density at radius 3 is 2.59 bits per heavy atom. The monoisotopic (exact) mass is 521 g/mol. The van der Waals surface area contributed by atoms with Crippen molar-refractivity contribution >= 4 is 5.78 Å². The number of aromatic nitrogens is 4. The van der Waals surface area contributed by atoms with E-state index in [-0.39, 0.29) is 17.2 Å². The van der Waals surface area contributed by atoms with E-state index in [0.717, 1.165) is 72.9 Å². The van der Waals surface area contributed by atoms with Crippen molar-refractivity contribution in [3.8, 4) is 17.2 Å². The van der Waals surface area contributed by atoms with Gasteiger partial charge in [-0.25, -0.2) is 4.52 Å². The van der Waals surface area contributed by atoms with Crippen LogP contribution in [0.5, 0.6) is 0 Å². The summed E-state index contributed by atoms with van der Waals surface area (Å²) in [5.74, 6) is 0.620. The molecule has 0 atom stereocenters. The zero-order chi connectivity index (χ0) is 27.4. The van der Waals surface area contributed by atoms with E-state index in [4.69, 9.17) is 4.74 Å². The molecule has 2 aromatic heterocycles. The largest absolute Gasteiger partial charge is 0.378 e. The van der Waals surface area contributed by atoms with Gasteiger partial charge in [0, 0.05) is 25.1 Å². The Morgan fingerprint density at radius 2 is 1.92 bits per heavy atom. The predicted molar refractivity (Wildman–Crippen MR) is 153 cm³/mol. The van der Waals surface area contributed by atoms with Gasteiger partial charge in [0.05, 0.1) is 22.9 Å². The smallest absolute Gasteiger partial charge is 0.259 e. The van der Waals surface area contributed by atoms with Gasteiger partial charge in [0.25, 0.3) is 5.56 Å². The fourth-order valence-corrected chi connectivity index (χ4v) is 6.06. The number of aryl methyl sites for hydroxylation is 1. The molecule has 7 nitrogen and oxygen atoms in total. The molecule has 1 saturated carbocycles. The molecule has 2 heterocycles. The highest BCUT2D eigenvalue weighted by atomic mass is 16.5. The van der Waals surface area contributed by atoms with Crippen molar-refractivity contribution < 1.29 is 4.74 Å². The van der Waals surface area contributed by atoms with Gasteiger partial charge in [0.2, 0.25) is 5.78 Å². The molecular formula is C32H35N5O2. The lowest BCUT2D eigenvalue weighted by Crippen LogP contribution is -2.40. The van der Waals surface area contributed by atoms with Gasteiger partial charge in [-0.05, 0) is 61.3 Å². The zero-order valence-corrected chi connectivity index (χ0v) is 22.8. The highest BCUT2D eigenvalue weighted by Crippen LogP contribution is 2.39. The molecule has 2 aromatic carbocycles. The van der Waals surface area contributed by atoms with Crippen LogP contribution in [-0.2, 0) is 17.6 Å². The average molecular weight is 522 g/mol. The Kier molecular flexibility index (Phi) is 7.76. The molecule has 1 aliphatic rings. The summed E-state index contributed by atoms with van der Waals surface area (Å²) in [6.07, 6.45) is 9.84. The van der Waals surface area contributed by atoms with Crippen LogP contribution in [0.25, 0.3) is 16.9 Å². The van der Waals surface area contributed by atoms with Gasteiger partial charge >= 0.3 is 0 Å². The number of hydrogen-bond donors (Lipinski definition) is 0. The van der Waals surface area contributed by atoms with Crippen molar-refractivity contribution in [1.29, 1.82) is 5.26 Å². The topological polar surface area (TPSA) is 85.2 Å². The van der Waals surface area contributed by atoms with E-state index in [2.05, 4.69) is 41.8 Å². The Morgan fingerprint density at radius 1 is 1.18 bits per heavy atom. The van der Waals surface area contributed by atoms with Gasteiger partial charge in [0.1, 0.15) is 6.33 Å². The van der Waals surface area contributed by atoms with Crippen LogP contribution in [0.3, 0.4) is 0 Å². The molecule has 39 heavy (non-hydrogen) atoms. The molecule has 0 N–H and O–H groups in total. The summed E-state index contributed by atoms with van der Waals surface area (Å²) in [6.45, 7) is 6.03. The standard InChI is InChI=1S/C32H35N5O2/c1-4-8-29-28(20-23-11-13-24(14-12-23)27-10-7-6-9-25(27)21-33)30(38)36(31-34-22-35-37(29)31)26-15-18-32(39-3,17-5-2)19-16-26/h5-7,9-14,22,26H,2,4,8,15-20H2,1,3H3/t26-,32-. The number of benzene rings is 2. The SMILES string of the molecule is C=CC[C@]1(OC)CC[C@H](n2c(=O)c(Cc3ccc(-c4ccccc4C#N)cc3)c(CCC)n3ncnc32)CC1. The van der Waals surface area contributed by atoms with Gasteiger partial charge in [-0.2, -0.15) is 15.3 Å². The number of ether oxygens (including phenoxy) is 1. The Bertz CT molecular complexity index is 1570. The van der Waals surface area contributed by atoms with E-state index < -0.39 is 0 Å². The number of nitrogens with zero attached hydrogens (tertiary/aromatic N) is 5. The summed E-state index contributed by atoms with van der Waals surface area (Å²) >= 11 is 0. The average Bonchev–Trinajstić information content (AvgIpc) is 3.46. The van der Waals surface area contributed by atoms with Crippen LogP contribution in [0, 0.1) is 11.3 Å². The second kappa shape index (κ2) is 11.4. The minimum Gasteiger partial charge on any atom is -0.378 e. The van der Waals surface area contributed by atoms with Crippen molar-refractivity contribution in [3.63, 3.8) is 0 Å². The maximum Gasteiger partial charge on any atom is 0.259 e. The van der Waals surface area contributed by atoms with Gasteiger partial charge in [-0.1, -0.05) is 61.9 Å². The fraction of sp³-hybridized carbons (Fsp3) is 0.375. The van der Waals surface area contributed by atoms with Crippen molar-refractivity contribution in [2.75, 3.05) is 7.11 Å². The van der Waals surface area contributed by atoms with Crippen LogP contribution in [0.15, 0.2) is 72.3 Å². The van der Waals surface area contributed by atoms with E-state index in [1.807, 2.05) is 51.6 Å². The van der Waals surface area contributed by atoms with Gasteiger partial charge in [0.15, 0.2) is 0 Å². The molecule has 0 aliphatic heterocycles. The summed E-state index contributed by atoms with van der Waals surface area (Å²) in [5.41, 5.74) is 5.10. The van der Waals surface area contributed by atoms with Gasteiger partial charge in [-0.15, -0.1) is 6.58 Å². The van der Waals surface area contributed by atoms with Crippen molar-refractivity contribution in [2.24, 2.45) is 0 Å². The lowest BCUT2D eigenvalue weighted by atomic mass is 9.79. The Balaban J connectivity index is 1.52. The highest BCUT2D eigenvalue weighted by Gasteiger charge is 2.36. The number of fused-ring (bicyclic) bond motifs is 1. The molecule has 1 aliphatic carbocycles. The zero-order valence-electron chi connectivity index (χ0n) is 22.8. The predicted octanol–water partition coefficient (Wildman–Crippen LogP) is 6.05. The summed E-state index contributed by atoms with van der Waals surface area (Å²) in [5, 5.41) is 14.1. The molecule has 7 heteroatoms. The summed E-state index contributed by atoms with van der Waals surface area (Å²) in [7, 11) is 1.77. The molecule has 0 unspecified atom stereocenters. The van der Waals surface area contributed by atoms with E-state index in [0.29, 0.717) is 17.8 Å². The summed E-state index contributed by atoms with van der Waals surface area (Å²) in [4.78, 5) is 18.7. The van der Waals surface area contributed by atoms with Crippen molar-refractivity contribution in [1.82, 2.24) is 19.2 Å². The molecule has 0 saturated heterocycles. The first-order valence-corrected chi connectivity index (χ1v) is 13.7. The van der Waals surface area contributed by atoms with Gasteiger partial charge in [-0.3, -0.25) is 9.36 Å². The minimum atomic E-state index is -0.206. The molecule has 0 spiro atoms. The highest BCUT2D eigenvalue weighted by molar-refractivity contribution is 5.70.